The molecular formula is C34H52O5. The number of rotatable bonds is 15. The lowest BCUT2D eigenvalue weighted by molar-refractivity contribution is -0.139. The Hall–Kier alpha value is -2.21. The van der Waals surface area contributed by atoms with E-state index in [4.69, 9.17) is 18.9 Å². The number of ether oxygens (including phenoxy) is 4. The average Bonchev–Trinajstić information content (AvgIpc) is 2.83. The fourth-order valence-corrected chi connectivity index (χ4v) is 4.16. The van der Waals surface area contributed by atoms with E-state index in [9.17, 15) is 4.79 Å². The van der Waals surface area contributed by atoms with E-state index in [1.807, 2.05) is 26.0 Å². The van der Waals surface area contributed by atoms with Crippen LogP contribution in [0.15, 0.2) is 48.5 Å². The van der Waals surface area contributed by atoms with E-state index in [0.717, 1.165) is 17.7 Å². The van der Waals surface area contributed by atoms with Gasteiger partial charge in [0, 0.05) is 18.9 Å². The maximum absolute atomic E-state index is 11.7. The third-order valence-electron chi connectivity index (χ3n) is 8.01. The van der Waals surface area contributed by atoms with Crippen molar-refractivity contribution in [1.82, 2.24) is 0 Å². The second-order valence-electron chi connectivity index (χ2n) is 13.3. The highest BCUT2D eigenvalue weighted by atomic mass is 16.5. The minimum Gasteiger partial charge on any atom is -0.488 e. The van der Waals surface area contributed by atoms with Crippen molar-refractivity contribution in [1.29, 1.82) is 0 Å². The zero-order valence-electron chi connectivity index (χ0n) is 26.5. The first-order valence-electron chi connectivity index (χ1n) is 14.1. The first-order chi connectivity index (χ1) is 17.8. The number of Topliss-reactive ketones (excluding diaryl/α,β-unsaturated/α-hetero) is 1. The van der Waals surface area contributed by atoms with E-state index < -0.39 is 11.2 Å². The van der Waals surface area contributed by atoms with Crippen molar-refractivity contribution >= 4 is 5.78 Å². The van der Waals surface area contributed by atoms with Crippen molar-refractivity contribution in [2.75, 3.05) is 20.3 Å². The van der Waals surface area contributed by atoms with Gasteiger partial charge in [-0.25, -0.2) is 0 Å². The summed E-state index contributed by atoms with van der Waals surface area (Å²) in [6, 6.07) is 17.1. The van der Waals surface area contributed by atoms with Gasteiger partial charge in [0.25, 0.3) is 0 Å². The van der Waals surface area contributed by atoms with Gasteiger partial charge in [0.05, 0.1) is 24.4 Å². The molecule has 39 heavy (non-hydrogen) atoms. The number of carbonyl (C=O) groups excluding carboxylic acids is 1. The van der Waals surface area contributed by atoms with E-state index in [-0.39, 0.29) is 22.4 Å². The highest BCUT2D eigenvalue weighted by Gasteiger charge is 2.29. The second kappa shape index (κ2) is 12.5. The normalized spacial score (nSPS) is 13.4. The molecule has 218 valence electrons. The Labute approximate surface area is 237 Å². The lowest BCUT2D eigenvalue weighted by Crippen LogP contribution is -2.36. The molecule has 0 bridgehead atoms. The Morgan fingerprint density at radius 2 is 1.08 bits per heavy atom. The highest BCUT2D eigenvalue weighted by molar-refractivity contribution is 5.83. The summed E-state index contributed by atoms with van der Waals surface area (Å²) in [4.78, 5) is 11.7. The molecule has 0 spiro atoms. The molecule has 0 aliphatic carbocycles. The van der Waals surface area contributed by atoms with Crippen LogP contribution < -0.4 is 4.74 Å². The van der Waals surface area contributed by atoms with Gasteiger partial charge in [-0.15, -0.1) is 0 Å². The van der Waals surface area contributed by atoms with Crippen LogP contribution in [0.25, 0.3) is 0 Å². The number of hydrogen-bond donors (Lipinski definition) is 0. The Bertz CT molecular complexity index is 1060. The van der Waals surface area contributed by atoms with E-state index >= 15 is 0 Å². The van der Waals surface area contributed by atoms with Gasteiger partial charge in [0.2, 0.25) is 0 Å². The number of benzene rings is 2. The van der Waals surface area contributed by atoms with E-state index in [0.29, 0.717) is 19.6 Å². The maximum atomic E-state index is 11.7. The molecule has 0 heterocycles. The largest absolute Gasteiger partial charge is 0.488 e. The maximum Gasteiger partial charge on any atom is 0.160 e. The molecule has 0 amide bonds. The van der Waals surface area contributed by atoms with Gasteiger partial charge in [0.1, 0.15) is 17.0 Å². The van der Waals surface area contributed by atoms with Gasteiger partial charge in [-0.05, 0) is 97.6 Å². The van der Waals surface area contributed by atoms with Gasteiger partial charge in [-0.2, -0.15) is 0 Å². The summed E-state index contributed by atoms with van der Waals surface area (Å²) in [6.45, 7) is 23.2. The molecule has 0 unspecified atom stereocenters. The van der Waals surface area contributed by atoms with Crippen LogP contribution in [0.4, 0.5) is 0 Å². The number of hydrogen-bond acceptors (Lipinski definition) is 5. The minimum absolute atomic E-state index is 0.0215. The third-order valence-corrected chi connectivity index (χ3v) is 8.01. The Morgan fingerprint density at radius 3 is 1.56 bits per heavy atom. The van der Waals surface area contributed by atoms with E-state index in [1.54, 1.807) is 27.9 Å². The molecule has 5 nitrogen and oxygen atoms in total. The molecular weight excluding hydrogens is 488 g/mol. The predicted molar refractivity (Wildman–Crippen MR) is 160 cm³/mol. The topological polar surface area (TPSA) is 54.0 Å². The molecule has 0 saturated heterocycles. The summed E-state index contributed by atoms with van der Waals surface area (Å²) in [5.41, 5.74) is 1.66. The summed E-state index contributed by atoms with van der Waals surface area (Å²) in [7, 11) is 1.74. The predicted octanol–water partition coefficient (Wildman–Crippen LogP) is 8.01. The first kappa shape index (κ1) is 33.0. The zero-order valence-corrected chi connectivity index (χ0v) is 26.5. The fourth-order valence-electron chi connectivity index (χ4n) is 4.16. The lowest BCUT2D eigenvalue weighted by atomic mass is 9.77. The molecule has 2 rings (SSSR count). The minimum atomic E-state index is -0.772. The van der Waals surface area contributed by atoms with Gasteiger partial charge < -0.3 is 18.9 Å². The van der Waals surface area contributed by atoms with Crippen LogP contribution in [0, 0.1) is 0 Å². The molecule has 0 atom stereocenters. The average molecular weight is 541 g/mol. The number of methoxy groups -OCH3 is 1. The quantitative estimate of drug-likeness (QED) is 0.229. The van der Waals surface area contributed by atoms with Crippen LogP contribution in [-0.2, 0) is 30.0 Å². The summed E-state index contributed by atoms with van der Waals surface area (Å²) >= 11 is 0. The fraction of sp³-hybridized carbons (Fsp3) is 0.618. The van der Waals surface area contributed by atoms with Crippen LogP contribution >= 0.6 is 0 Å². The molecule has 0 aliphatic heterocycles. The molecule has 5 heteroatoms. The Morgan fingerprint density at radius 1 is 0.641 bits per heavy atom. The molecule has 0 N–H and O–H groups in total. The highest BCUT2D eigenvalue weighted by Crippen LogP contribution is 2.35. The SMILES string of the molecule is COC(C)(C)CCOC(C)(C)c1ccc(C(C)(C)c2ccc(OC(C)(C)CCOC(C)(C)C(C)=O)cc2)cc1. The van der Waals surface area contributed by atoms with Crippen molar-refractivity contribution in [2.45, 2.75) is 117 Å². The molecule has 2 aromatic carbocycles. The van der Waals surface area contributed by atoms with Gasteiger partial charge in [-0.3, -0.25) is 4.79 Å². The van der Waals surface area contributed by atoms with Crippen LogP contribution in [0.1, 0.15) is 106 Å². The Kier molecular flexibility index (Phi) is 10.6. The Balaban J connectivity index is 2.04. The summed E-state index contributed by atoms with van der Waals surface area (Å²) in [5, 5.41) is 0. The lowest BCUT2D eigenvalue weighted by Gasteiger charge is -2.31. The van der Waals surface area contributed by atoms with Crippen molar-refractivity contribution in [3.8, 4) is 5.75 Å². The molecule has 0 aromatic heterocycles. The standard InChI is InChI=1S/C34H52O5/c1-25(35)33(8,9)37-24-22-31(4,5)39-29-19-17-27(18-20-29)32(6,7)26-13-15-28(16-14-26)34(10,11)38-23-21-30(2,3)36-12/h13-20H,21-24H2,1-12H3. The van der Waals surface area contributed by atoms with Crippen molar-refractivity contribution in [2.24, 2.45) is 0 Å². The zero-order chi connectivity index (χ0) is 29.7. The first-order valence-corrected chi connectivity index (χ1v) is 14.1. The van der Waals surface area contributed by atoms with Crippen molar-refractivity contribution in [3.05, 3.63) is 65.2 Å². The summed E-state index contributed by atoms with van der Waals surface area (Å²) in [5.74, 6) is 0.837. The molecule has 0 aliphatic rings. The number of ketones is 1. The van der Waals surface area contributed by atoms with E-state index in [2.05, 4.69) is 77.9 Å². The third kappa shape index (κ3) is 9.44. The summed E-state index contributed by atoms with van der Waals surface area (Å²) < 4.78 is 23.8. The van der Waals surface area contributed by atoms with Crippen LogP contribution in [0.3, 0.4) is 0 Å². The van der Waals surface area contributed by atoms with Crippen LogP contribution in [-0.4, -0.2) is 42.9 Å². The van der Waals surface area contributed by atoms with Crippen molar-refractivity contribution < 1.29 is 23.7 Å². The number of carbonyl (C=O) groups is 1. The molecule has 2 aromatic rings. The smallest absolute Gasteiger partial charge is 0.160 e. The monoisotopic (exact) mass is 540 g/mol. The molecule has 0 fully saturated rings. The van der Waals surface area contributed by atoms with Gasteiger partial charge in [0.15, 0.2) is 5.78 Å². The van der Waals surface area contributed by atoms with Gasteiger partial charge >= 0.3 is 0 Å². The van der Waals surface area contributed by atoms with Crippen LogP contribution in [0.5, 0.6) is 5.75 Å². The van der Waals surface area contributed by atoms with Gasteiger partial charge in [-0.1, -0.05) is 50.2 Å². The molecule has 0 radical (unpaired) electrons. The van der Waals surface area contributed by atoms with E-state index in [1.165, 1.54) is 11.1 Å². The van der Waals surface area contributed by atoms with Crippen molar-refractivity contribution in [3.63, 3.8) is 0 Å². The van der Waals surface area contributed by atoms with Crippen LogP contribution in [0.2, 0.25) is 0 Å². The molecule has 0 saturated carbocycles. The summed E-state index contributed by atoms with van der Waals surface area (Å²) in [6.07, 6.45) is 1.51. The second-order valence-corrected chi connectivity index (χ2v) is 13.3.